The normalized spacial score (nSPS) is 29.3. The van der Waals surface area contributed by atoms with Gasteiger partial charge in [0.05, 0.1) is 38.9 Å². The van der Waals surface area contributed by atoms with Crippen LogP contribution in [0.3, 0.4) is 0 Å². The number of morpholine rings is 1. The molecule has 5 atom stereocenters. The van der Waals surface area contributed by atoms with E-state index in [0.717, 1.165) is 13.1 Å². The quantitative estimate of drug-likeness (QED) is 0.332. The third-order valence-electron chi connectivity index (χ3n) is 6.56. The van der Waals surface area contributed by atoms with Crippen molar-refractivity contribution >= 4 is 8.53 Å². The van der Waals surface area contributed by atoms with E-state index in [1.165, 1.54) is 16.8 Å². The minimum absolute atomic E-state index is 0.131. The first kappa shape index (κ1) is 27.4. The number of nitrogens with zero attached hydrogens (tertiary/aromatic N) is 4. The zero-order valence-electron chi connectivity index (χ0n) is 21.3. The van der Waals surface area contributed by atoms with Crippen LogP contribution in [0.2, 0.25) is 0 Å². The van der Waals surface area contributed by atoms with Crippen LogP contribution in [0.15, 0.2) is 21.9 Å². The SMILES string of the molecule is CC(C)N(C(C)C)P(OCCC#N)OC1C2OC[C@]1(CN1CCOCC1)O[C@H]2n1ccc(=O)[nH]c1=O. The molecule has 2 bridgehead atoms. The highest BCUT2D eigenvalue weighted by atomic mass is 31.2. The number of aromatic amines is 1. The van der Waals surface area contributed by atoms with Crippen LogP contribution in [0.4, 0.5) is 0 Å². The Morgan fingerprint density at radius 1 is 1.28 bits per heavy atom. The number of hydrogen-bond acceptors (Lipinski definition) is 10. The Labute approximate surface area is 212 Å². The van der Waals surface area contributed by atoms with Crippen LogP contribution in [0.25, 0.3) is 0 Å². The lowest BCUT2D eigenvalue weighted by molar-refractivity contribution is -0.183. The van der Waals surface area contributed by atoms with E-state index in [-0.39, 0.29) is 25.1 Å². The lowest BCUT2D eigenvalue weighted by Gasteiger charge is -2.40. The largest absolute Gasteiger partial charge is 0.379 e. The molecule has 0 aliphatic carbocycles. The number of nitrogens with one attached hydrogen (secondary N) is 1. The number of aromatic nitrogens is 2. The van der Waals surface area contributed by atoms with E-state index < -0.39 is 43.8 Å². The fourth-order valence-corrected chi connectivity index (χ4v) is 6.86. The van der Waals surface area contributed by atoms with Gasteiger partial charge < -0.3 is 23.3 Å². The van der Waals surface area contributed by atoms with Crippen molar-refractivity contribution in [3.05, 3.63) is 33.1 Å². The predicted octanol–water partition coefficient (Wildman–Crippen LogP) is 1.20. The van der Waals surface area contributed by atoms with Gasteiger partial charge in [0.1, 0.15) is 17.8 Å². The van der Waals surface area contributed by atoms with Crippen molar-refractivity contribution in [1.29, 1.82) is 5.26 Å². The Morgan fingerprint density at radius 3 is 2.64 bits per heavy atom. The van der Waals surface area contributed by atoms with E-state index >= 15 is 0 Å². The van der Waals surface area contributed by atoms with Gasteiger partial charge in [-0.05, 0) is 27.7 Å². The van der Waals surface area contributed by atoms with Crippen molar-refractivity contribution in [2.75, 3.05) is 46.1 Å². The summed E-state index contributed by atoms with van der Waals surface area (Å²) in [4.78, 5) is 28.8. The van der Waals surface area contributed by atoms with Gasteiger partial charge in [-0.1, -0.05) is 0 Å². The maximum Gasteiger partial charge on any atom is 0.330 e. The van der Waals surface area contributed by atoms with Crippen LogP contribution in [0.5, 0.6) is 0 Å². The molecule has 3 unspecified atom stereocenters. The third kappa shape index (κ3) is 5.74. The first-order chi connectivity index (χ1) is 17.3. The van der Waals surface area contributed by atoms with Crippen LogP contribution >= 0.6 is 8.53 Å². The molecule has 0 spiro atoms. The van der Waals surface area contributed by atoms with E-state index in [2.05, 4.69) is 48.3 Å². The van der Waals surface area contributed by atoms with Crippen molar-refractivity contribution in [2.45, 2.75) is 70.2 Å². The van der Waals surface area contributed by atoms with E-state index in [1.807, 2.05) is 0 Å². The number of fused-ring (bicyclic) bond motifs is 2. The van der Waals surface area contributed by atoms with Crippen molar-refractivity contribution < 1.29 is 23.3 Å². The summed E-state index contributed by atoms with van der Waals surface area (Å²) in [5.41, 5.74) is -1.89. The van der Waals surface area contributed by atoms with Crippen molar-refractivity contribution in [3.8, 4) is 6.07 Å². The van der Waals surface area contributed by atoms with Gasteiger partial charge in [-0.3, -0.25) is 19.2 Å². The Bertz CT molecular complexity index is 1030. The first-order valence-electron chi connectivity index (χ1n) is 12.4. The molecule has 3 saturated heterocycles. The molecule has 3 aliphatic rings. The average Bonchev–Trinajstić information content (AvgIpc) is 3.30. The van der Waals surface area contributed by atoms with E-state index in [1.54, 1.807) is 0 Å². The zero-order valence-corrected chi connectivity index (χ0v) is 22.2. The molecule has 0 amide bonds. The van der Waals surface area contributed by atoms with E-state index in [9.17, 15) is 9.59 Å². The van der Waals surface area contributed by atoms with Crippen molar-refractivity contribution in [2.24, 2.45) is 0 Å². The van der Waals surface area contributed by atoms with Gasteiger partial charge in [-0.15, -0.1) is 0 Å². The number of ether oxygens (including phenoxy) is 3. The molecule has 200 valence electrons. The van der Waals surface area contributed by atoms with Crippen molar-refractivity contribution in [3.63, 3.8) is 0 Å². The lowest BCUT2D eigenvalue weighted by atomic mass is 9.98. The summed E-state index contributed by atoms with van der Waals surface area (Å²) in [5, 5.41) is 9.05. The topological polar surface area (TPSA) is 131 Å². The maximum atomic E-state index is 12.6. The third-order valence-corrected chi connectivity index (χ3v) is 8.67. The molecule has 13 heteroatoms. The first-order valence-corrected chi connectivity index (χ1v) is 13.5. The molecule has 1 aromatic heterocycles. The smallest absolute Gasteiger partial charge is 0.330 e. The summed E-state index contributed by atoms with van der Waals surface area (Å²) in [6.45, 7) is 12.2. The van der Waals surface area contributed by atoms with Gasteiger partial charge in [0.15, 0.2) is 6.23 Å². The molecular formula is C23H36N5O7P. The van der Waals surface area contributed by atoms with Gasteiger partial charge in [0.25, 0.3) is 14.1 Å². The van der Waals surface area contributed by atoms with Gasteiger partial charge in [0.2, 0.25) is 0 Å². The van der Waals surface area contributed by atoms with Gasteiger partial charge in [-0.2, -0.15) is 5.26 Å². The molecular weight excluding hydrogens is 489 g/mol. The predicted molar refractivity (Wildman–Crippen MR) is 131 cm³/mol. The fraction of sp³-hybridized carbons (Fsp3) is 0.783. The van der Waals surface area contributed by atoms with Crippen LogP contribution in [-0.4, -0.2) is 95.1 Å². The second-order valence-corrected chi connectivity index (χ2v) is 11.2. The second-order valence-electron chi connectivity index (χ2n) is 9.83. The number of H-pyrrole nitrogens is 1. The molecule has 3 aliphatic heterocycles. The molecule has 0 aromatic carbocycles. The summed E-state index contributed by atoms with van der Waals surface area (Å²) < 4.78 is 34.7. The highest BCUT2D eigenvalue weighted by Crippen LogP contribution is 2.55. The highest BCUT2D eigenvalue weighted by molar-refractivity contribution is 7.44. The highest BCUT2D eigenvalue weighted by Gasteiger charge is 2.64. The summed E-state index contributed by atoms with van der Waals surface area (Å²) >= 11 is 0. The standard InChI is InChI=1S/C23H36N5O7P/c1-16(2)28(17(3)4)36(33-11-5-7-24)35-20-19-21(27-8-6-18(29)25-22(27)30)34-23(20,15-32-19)14-26-9-12-31-13-10-26/h6,8,16-17,19-21H,5,9-15H2,1-4H3,(H,25,29,30)/t19?,20?,21-,23+,36?/m1/s1. The molecule has 12 nitrogen and oxygen atoms in total. The zero-order chi connectivity index (χ0) is 25.9. The number of nitriles is 1. The number of hydrogen-bond donors (Lipinski definition) is 1. The molecule has 36 heavy (non-hydrogen) atoms. The Kier molecular flexibility index (Phi) is 8.96. The maximum absolute atomic E-state index is 12.6. The lowest BCUT2D eigenvalue weighted by Crippen LogP contribution is -2.54. The molecule has 0 radical (unpaired) electrons. The van der Waals surface area contributed by atoms with Gasteiger partial charge in [0, 0.05) is 44.0 Å². The molecule has 1 N–H and O–H groups in total. The minimum atomic E-state index is -1.56. The Morgan fingerprint density at radius 2 is 2.00 bits per heavy atom. The Balaban J connectivity index is 1.66. The molecule has 1 aromatic rings. The molecule has 4 heterocycles. The minimum Gasteiger partial charge on any atom is -0.379 e. The van der Waals surface area contributed by atoms with Crippen LogP contribution in [0.1, 0.15) is 40.3 Å². The summed E-state index contributed by atoms with van der Waals surface area (Å²) in [6.07, 6.45) is -0.202. The molecule has 4 rings (SSSR count). The van der Waals surface area contributed by atoms with Crippen molar-refractivity contribution in [1.82, 2.24) is 19.1 Å². The number of rotatable bonds is 11. The van der Waals surface area contributed by atoms with Crippen LogP contribution < -0.4 is 11.2 Å². The Hall–Kier alpha value is -1.68. The van der Waals surface area contributed by atoms with E-state index in [0.29, 0.717) is 26.4 Å². The summed E-state index contributed by atoms with van der Waals surface area (Å²) in [6, 6.07) is 3.67. The fourth-order valence-electron chi connectivity index (χ4n) is 5.05. The average molecular weight is 526 g/mol. The summed E-state index contributed by atoms with van der Waals surface area (Å²) in [7, 11) is -1.56. The van der Waals surface area contributed by atoms with E-state index in [4.69, 9.17) is 28.5 Å². The summed E-state index contributed by atoms with van der Waals surface area (Å²) in [5.74, 6) is 0. The van der Waals surface area contributed by atoms with Gasteiger partial charge >= 0.3 is 5.69 Å². The monoisotopic (exact) mass is 525 g/mol. The second kappa shape index (κ2) is 11.8. The van der Waals surface area contributed by atoms with Gasteiger partial charge in [-0.25, -0.2) is 9.46 Å². The van der Waals surface area contributed by atoms with Crippen LogP contribution in [0, 0.1) is 11.3 Å². The van der Waals surface area contributed by atoms with Crippen LogP contribution in [-0.2, 0) is 23.3 Å². The molecule has 3 fully saturated rings. The molecule has 0 saturated carbocycles.